The van der Waals surface area contributed by atoms with Crippen LogP contribution in [0, 0.1) is 11.2 Å². The van der Waals surface area contributed by atoms with Gasteiger partial charge in [0.2, 0.25) is 5.95 Å². The van der Waals surface area contributed by atoms with Crippen LogP contribution in [-0.4, -0.2) is 55.1 Å². The fourth-order valence-electron chi connectivity index (χ4n) is 3.85. The monoisotopic (exact) mass is 400 g/mol. The van der Waals surface area contributed by atoms with Gasteiger partial charge >= 0.3 is 5.97 Å². The highest BCUT2D eigenvalue weighted by Crippen LogP contribution is 2.36. The lowest BCUT2D eigenvalue weighted by Gasteiger charge is -2.43. The molecule has 0 spiro atoms. The van der Waals surface area contributed by atoms with E-state index in [9.17, 15) is 19.4 Å². The van der Waals surface area contributed by atoms with Crippen molar-refractivity contribution >= 4 is 28.8 Å². The molecule has 1 aliphatic heterocycles. The number of carbonyl (C=O) groups is 1. The zero-order chi connectivity index (χ0) is 20.8. The molecule has 0 aliphatic carbocycles. The zero-order valence-corrected chi connectivity index (χ0v) is 15.8. The van der Waals surface area contributed by atoms with Crippen LogP contribution in [0.4, 0.5) is 16.2 Å². The van der Waals surface area contributed by atoms with Crippen LogP contribution in [0.1, 0.15) is 12.0 Å². The van der Waals surface area contributed by atoms with Crippen molar-refractivity contribution in [2.75, 3.05) is 23.7 Å². The highest BCUT2D eigenvalue weighted by molar-refractivity contribution is 5.86. The van der Waals surface area contributed by atoms with Gasteiger partial charge in [0.1, 0.15) is 17.1 Å². The minimum atomic E-state index is -1.49. The number of rotatable bonds is 4. The summed E-state index contributed by atoms with van der Waals surface area (Å²) in [4.78, 5) is 22.8. The maximum Gasteiger partial charge on any atom is 0.314 e. The number of carboxylic acid groups (broad SMARTS) is 1. The third-order valence-corrected chi connectivity index (χ3v) is 5.53. The van der Waals surface area contributed by atoms with Crippen molar-refractivity contribution in [3.63, 3.8) is 0 Å². The average molecular weight is 400 g/mol. The number of nitrogens with zero attached hydrogens (tertiary/aromatic N) is 5. The van der Waals surface area contributed by atoms with Gasteiger partial charge in [0.15, 0.2) is 5.65 Å². The lowest BCUT2D eigenvalue weighted by atomic mass is 9.73. The van der Waals surface area contributed by atoms with E-state index in [1.807, 2.05) is 0 Å². The molecule has 10 heteroatoms. The van der Waals surface area contributed by atoms with Crippen LogP contribution >= 0.6 is 0 Å². The third kappa shape index (κ3) is 3.25. The van der Waals surface area contributed by atoms with Crippen molar-refractivity contribution < 1.29 is 19.4 Å². The van der Waals surface area contributed by atoms with E-state index >= 15 is 0 Å². The maximum absolute atomic E-state index is 13.2. The largest absolute Gasteiger partial charge is 0.481 e. The summed E-state index contributed by atoms with van der Waals surface area (Å²) in [6.45, 7) is 0.367. The molecule has 4 rings (SSSR count). The summed E-state index contributed by atoms with van der Waals surface area (Å²) in [5, 5.41) is 25.4. The number of nitrogen functional groups attached to an aromatic ring is 1. The molecule has 2 aromatic heterocycles. The minimum absolute atomic E-state index is 0.0102. The number of aryl methyl sites for hydroxylation is 1. The van der Waals surface area contributed by atoms with Crippen molar-refractivity contribution in [1.29, 1.82) is 0 Å². The van der Waals surface area contributed by atoms with Crippen LogP contribution in [0.25, 0.3) is 11.0 Å². The van der Waals surface area contributed by atoms with E-state index in [1.54, 1.807) is 22.8 Å². The number of halogens is 1. The minimum Gasteiger partial charge on any atom is -0.481 e. The number of hydrogen-bond donors (Lipinski definition) is 3. The Labute approximate surface area is 165 Å². The van der Waals surface area contributed by atoms with Crippen molar-refractivity contribution in [3.8, 4) is 0 Å². The van der Waals surface area contributed by atoms with E-state index in [-0.39, 0.29) is 31.2 Å². The SMILES string of the molecule is Cn1ncc2c(N)nc(N3CC[C@@H](O)[C@](Cc4ccc(F)cc4)(C(=O)O)C3)nc21. The van der Waals surface area contributed by atoms with Gasteiger partial charge in [-0.3, -0.25) is 9.48 Å². The molecule has 0 unspecified atom stereocenters. The van der Waals surface area contributed by atoms with Crippen molar-refractivity contribution in [1.82, 2.24) is 19.7 Å². The van der Waals surface area contributed by atoms with Gasteiger partial charge < -0.3 is 20.8 Å². The van der Waals surface area contributed by atoms with Crippen LogP contribution in [0.15, 0.2) is 30.5 Å². The first kappa shape index (κ1) is 19.1. The van der Waals surface area contributed by atoms with Gasteiger partial charge in [-0.2, -0.15) is 15.1 Å². The smallest absolute Gasteiger partial charge is 0.314 e. The molecular weight excluding hydrogens is 379 g/mol. The second-order valence-corrected chi connectivity index (χ2v) is 7.40. The first-order valence-corrected chi connectivity index (χ1v) is 9.16. The van der Waals surface area contributed by atoms with E-state index < -0.39 is 23.3 Å². The number of anilines is 2. The Morgan fingerprint density at radius 3 is 2.76 bits per heavy atom. The number of aliphatic hydroxyl groups excluding tert-OH is 1. The quantitative estimate of drug-likeness (QED) is 0.591. The maximum atomic E-state index is 13.2. The van der Waals surface area contributed by atoms with Gasteiger partial charge in [-0.1, -0.05) is 12.1 Å². The normalized spacial score (nSPS) is 22.2. The Bertz CT molecular complexity index is 1070. The summed E-state index contributed by atoms with van der Waals surface area (Å²) >= 11 is 0. The number of hydrogen-bond acceptors (Lipinski definition) is 7. The predicted molar refractivity (Wildman–Crippen MR) is 104 cm³/mol. The van der Waals surface area contributed by atoms with Gasteiger partial charge in [0, 0.05) is 20.1 Å². The molecule has 3 aromatic rings. The molecule has 0 saturated carbocycles. The summed E-state index contributed by atoms with van der Waals surface area (Å²) < 4.78 is 14.8. The molecule has 0 bridgehead atoms. The second-order valence-electron chi connectivity index (χ2n) is 7.40. The van der Waals surface area contributed by atoms with Gasteiger partial charge in [-0.05, 0) is 30.5 Å². The summed E-state index contributed by atoms with van der Waals surface area (Å²) in [6.07, 6.45) is 0.771. The third-order valence-electron chi connectivity index (χ3n) is 5.53. The van der Waals surface area contributed by atoms with Crippen molar-refractivity contribution in [2.45, 2.75) is 18.9 Å². The Kier molecular flexibility index (Phi) is 4.58. The summed E-state index contributed by atoms with van der Waals surface area (Å²) in [6, 6.07) is 5.61. The van der Waals surface area contributed by atoms with Crippen LogP contribution in [0.2, 0.25) is 0 Å². The van der Waals surface area contributed by atoms with Gasteiger partial charge in [-0.25, -0.2) is 4.39 Å². The van der Waals surface area contributed by atoms with E-state index in [0.29, 0.717) is 23.1 Å². The van der Waals surface area contributed by atoms with Crippen LogP contribution in [-0.2, 0) is 18.3 Å². The highest BCUT2D eigenvalue weighted by atomic mass is 19.1. The first-order chi connectivity index (χ1) is 13.8. The van der Waals surface area contributed by atoms with Gasteiger partial charge in [-0.15, -0.1) is 0 Å². The van der Waals surface area contributed by atoms with Crippen LogP contribution in [0.5, 0.6) is 0 Å². The number of aromatic nitrogens is 4. The molecule has 1 saturated heterocycles. The molecular formula is C19H21FN6O3. The Morgan fingerprint density at radius 1 is 1.34 bits per heavy atom. The molecule has 3 heterocycles. The number of aliphatic carboxylic acids is 1. The Morgan fingerprint density at radius 2 is 2.07 bits per heavy atom. The molecule has 0 radical (unpaired) electrons. The molecule has 1 aliphatic rings. The predicted octanol–water partition coefficient (Wildman–Crippen LogP) is 0.969. The molecule has 4 N–H and O–H groups in total. The molecule has 2 atom stereocenters. The molecule has 152 valence electrons. The average Bonchev–Trinajstić information content (AvgIpc) is 3.07. The lowest BCUT2D eigenvalue weighted by molar-refractivity contribution is -0.157. The topological polar surface area (TPSA) is 130 Å². The lowest BCUT2D eigenvalue weighted by Crippen LogP contribution is -2.57. The number of aliphatic hydroxyl groups is 1. The fraction of sp³-hybridized carbons (Fsp3) is 0.368. The van der Waals surface area contributed by atoms with Crippen molar-refractivity contribution in [3.05, 3.63) is 41.8 Å². The standard InChI is InChI=1S/C19H21FN6O3/c1-25-16-13(9-22-25)15(21)23-18(24-16)26-7-6-14(27)19(10-26,17(28)29)8-11-2-4-12(20)5-3-11/h2-5,9,14,27H,6-8,10H2,1H3,(H,28,29)(H2,21,23,24)/t14-,19-/m1/s1. The summed E-state index contributed by atoms with van der Waals surface area (Å²) in [5.41, 5.74) is 5.71. The highest BCUT2D eigenvalue weighted by Gasteiger charge is 2.50. The van der Waals surface area contributed by atoms with Gasteiger partial charge in [0.05, 0.1) is 17.7 Å². The molecule has 1 fully saturated rings. The number of nitrogens with two attached hydrogens (primary N) is 1. The molecule has 29 heavy (non-hydrogen) atoms. The Balaban J connectivity index is 1.71. The van der Waals surface area contributed by atoms with Crippen LogP contribution in [0.3, 0.4) is 0 Å². The number of piperidine rings is 1. The molecule has 0 amide bonds. The number of benzene rings is 1. The first-order valence-electron chi connectivity index (χ1n) is 9.16. The van der Waals surface area contributed by atoms with Crippen molar-refractivity contribution in [2.24, 2.45) is 12.5 Å². The number of carboxylic acids is 1. The fourth-order valence-corrected chi connectivity index (χ4v) is 3.85. The zero-order valence-electron chi connectivity index (χ0n) is 15.8. The second kappa shape index (κ2) is 6.96. The van der Waals surface area contributed by atoms with E-state index in [0.717, 1.165) is 0 Å². The molecule has 1 aromatic carbocycles. The van der Waals surface area contributed by atoms with E-state index in [2.05, 4.69) is 15.1 Å². The van der Waals surface area contributed by atoms with E-state index in [1.165, 1.54) is 24.3 Å². The Hall–Kier alpha value is -3.27. The summed E-state index contributed by atoms with van der Waals surface area (Å²) in [7, 11) is 1.73. The summed E-state index contributed by atoms with van der Waals surface area (Å²) in [5.74, 6) is -0.996. The number of fused-ring (bicyclic) bond motifs is 1. The van der Waals surface area contributed by atoms with E-state index in [4.69, 9.17) is 5.73 Å². The molecule has 9 nitrogen and oxygen atoms in total. The van der Waals surface area contributed by atoms with Crippen LogP contribution < -0.4 is 10.6 Å². The van der Waals surface area contributed by atoms with Gasteiger partial charge in [0.25, 0.3) is 0 Å².